The molecule has 0 bridgehead atoms. The van der Waals surface area contributed by atoms with E-state index in [0.717, 1.165) is 15.7 Å². The molecule has 0 spiro atoms. The summed E-state index contributed by atoms with van der Waals surface area (Å²) in [5, 5.41) is 6.03. The van der Waals surface area contributed by atoms with Gasteiger partial charge in [-0.1, -0.05) is 22.0 Å². The standard InChI is InChI=1S/C15H16BrN3O/c1-11(12-5-7-17-8-6-12)18-10-15(20)19-14-4-2-3-13(16)9-14/h2-9,11,18H,10H2,1H3,(H,19,20)/t11-/m1/s1. The third-order valence-corrected chi connectivity index (χ3v) is 3.38. The first-order chi connectivity index (χ1) is 9.65. The minimum Gasteiger partial charge on any atom is -0.325 e. The Morgan fingerprint density at radius 2 is 2.05 bits per heavy atom. The molecule has 1 amide bonds. The van der Waals surface area contributed by atoms with E-state index in [1.165, 1.54) is 0 Å². The Kier molecular flexibility index (Phi) is 5.26. The summed E-state index contributed by atoms with van der Waals surface area (Å²) in [5.74, 6) is -0.0657. The molecular weight excluding hydrogens is 318 g/mol. The van der Waals surface area contributed by atoms with E-state index in [1.54, 1.807) is 12.4 Å². The average Bonchev–Trinajstić information content (AvgIpc) is 2.46. The van der Waals surface area contributed by atoms with Crippen molar-refractivity contribution < 1.29 is 4.79 Å². The summed E-state index contributed by atoms with van der Waals surface area (Å²) in [6.45, 7) is 2.28. The van der Waals surface area contributed by atoms with Gasteiger partial charge in [-0.2, -0.15) is 0 Å². The van der Waals surface area contributed by atoms with Gasteiger partial charge in [0.2, 0.25) is 5.91 Å². The molecule has 1 atom stereocenters. The van der Waals surface area contributed by atoms with E-state index in [9.17, 15) is 4.79 Å². The van der Waals surface area contributed by atoms with E-state index >= 15 is 0 Å². The molecular formula is C15H16BrN3O. The highest BCUT2D eigenvalue weighted by atomic mass is 79.9. The van der Waals surface area contributed by atoms with Gasteiger partial charge in [0.1, 0.15) is 0 Å². The van der Waals surface area contributed by atoms with Crippen molar-refractivity contribution in [2.45, 2.75) is 13.0 Å². The minimum absolute atomic E-state index is 0.0657. The van der Waals surface area contributed by atoms with E-state index in [0.29, 0.717) is 0 Å². The molecule has 1 aromatic carbocycles. The molecule has 2 aromatic rings. The van der Waals surface area contributed by atoms with Gasteiger partial charge in [-0.25, -0.2) is 0 Å². The number of nitrogens with one attached hydrogen (secondary N) is 2. The van der Waals surface area contributed by atoms with Crippen molar-refractivity contribution in [1.82, 2.24) is 10.3 Å². The lowest BCUT2D eigenvalue weighted by Crippen LogP contribution is -2.30. The van der Waals surface area contributed by atoms with Crippen LogP contribution in [-0.2, 0) is 4.79 Å². The summed E-state index contributed by atoms with van der Waals surface area (Å²) >= 11 is 3.37. The van der Waals surface area contributed by atoms with Crippen LogP contribution < -0.4 is 10.6 Å². The predicted octanol–water partition coefficient (Wildman–Crippen LogP) is 3.13. The lowest BCUT2D eigenvalue weighted by Gasteiger charge is -2.14. The van der Waals surface area contributed by atoms with Gasteiger partial charge >= 0.3 is 0 Å². The van der Waals surface area contributed by atoms with Gasteiger partial charge in [0.15, 0.2) is 0 Å². The molecule has 0 aliphatic carbocycles. The van der Waals surface area contributed by atoms with Crippen molar-refractivity contribution in [2.75, 3.05) is 11.9 Å². The number of hydrogen-bond acceptors (Lipinski definition) is 3. The first-order valence-electron chi connectivity index (χ1n) is 6.34. The molecule has 0 saturated heterocycles. The fraction of sp³-hybridized carbons (Fsp3) is 0.200. The molecule has 5 heteroatoms. The number of aromatic nitrogens is 1. The number of nitrogens with zero attached hydrogens (tertiary/aromatic N) is 1. The Labute approximate surface area is 126 Å². The molecule has 0 fully saturated rings. The average molecular weight is 334 g/mol. The molecule has 1 heterocycles. The second-order valence-electron chi connectivity index (χ2n) is 4.44. The van der Waals surface area contributed by atoms with Crippen LogP contribution in [0.25, 0.3) is 0 Å². The molecule has 0 aliphatic heterocycles. The predicted molar refractivity (Wildman–Crippen MR) is 83.4 cm³/mol. The number of hydrogen-bond donors (Lipinski definition) is 2. The number of carbonyl (C=O) groups is 1. The van der Waals surface area contributed by atoms with Crippen LogP contribution in [0.1, 0.15) is 18.5 Å². The van der Waals surface area contributed by atoms with Crippen LogP contribution in [0.5, 0.6) is 0 Å². The topological polar surface area (TPSA) is 54.0 Å². The minimum atomic E-state index is -0.0657. The molecule has 4 nitrogen and oxygen atoms in total. The summed E-state index contributed by atoms with van der Waals surface area (Å²) in [4.78, 5) is 15.8. The highest BCUT2D eigenvalue weighted by Gasteiger charge is 2.07. The first kappa shape index (κ1) is 14.7. The third kappa shape index (κ3) is 4.43. The zero-order valence-corrected chi connectivity index (χ0v) is 12.7. The molecule has 2 N–H and O–H groups in total. The fourth-order valence-electron chi connectivity index (χ4n) is 1.79. The molecule has 0 saturated carbocycles. The number of pyridine rings is 1. The Hall–Kier alpha value is -1.72. The molecule has 20 heavy (non-hydrogen) atoms. The summed E-state index contributed by atoms with van der Waals surface area (Å²) in [6, 6.07) is 11.5. The van der Waals surface area contributed by atoms with E-state index < -0.39 is 0 Å². The van der Waals surface area contributed by atoms with Crippen LogP contribution in [0, 0.1) is 0 Å². The third-order valence-electron chi connectivity index (χ3n) is 2.88. The molecule has 1 aromatic heterocycles. The summed E-state index contributed by atoms with van der Waals surface area (Å²) in [7, 11) is 0. The van der Waals surface area contributed by atoms with Gasteiger partial charge in [-0.15, -0.1) is 0 Å². The van der Waals surface area contributed by atoms with Crippen LogP contribution >= 0.6 is 15.9 Å². The number of amides is 1. The fourth-order valence-corrected chi connectivity index (χ4v) is 2.19. The highest BCUT2D eigenvalue weighted by molar-refractivity contribution is 9.10. The quantitative estimate of drug-likeness (QED) is 0.883. The Morgan fingerprint density at radius 3 is 2.75 bits per heavy atom. The van der Waals surface area contributed by atoms with Crippen molar-refractivity contribution in [3.05, 3.63) is 58.8 Å². The van der Waals surface area contributed by atoms with Crippen LogP contribution in [-0.4, -0.2) is 17.4 Å². The van der Waals surface area contributed by atoms with Gasteiger partial charge in [0, 0.05) is 28.6 Å². The molecule has 0 radical (unpaired) electrons. The SMILES string of the molecule is C[C@@H](NCC(=O)Nc1cccc(Br)c1)c1ccncc1. The molecule has 0 unspecified atom stereocenters. The van der Waals surface area contributed by atoms with Crippen LogP contribution in [0.3, 0.4) is 0 Å². The number of benzene rings is 1. The van der Waals surface area contributed by atoms with Gasteiger partial charge < -0.3 is 10.6 Å². The maximum Gasteiger partial charge on any atom is 0.238 e. The number of rotatable bonds is 5. The highest BCUT2D eigenvalue weighted by Crippen LogP contribution is 2.15. The van der Waals surface area contributed by atoms with E-state index in [-0.39, 0.29) is 18.5 Å². The van der Waals surface area contributed by atoms with E-state index in [4.69, 9.17) is 0 Å². The van der Waals surface area contributed by atoms with Crippen LogP contribution in [0.15, 0.2) is 53.3 Å². The largest absolute Gasteiger partial charge is 0.325 e. The summed E-state index contributed by atoms with van der Waals surface area (Å²) in [6.07, 6.45) is 3.49. The Bertz CT molecular complexity index is 574. The Balaban J connectivity index is 1.83. The summed E-state index contributed by atoms with van der Waals surface area (Å²) < 4.78 is 0.938. The molecule has 0 aliphatic rings. The van der Waals surface area contributed by atoms with Crippen molar-refractivity contribution in [1.29, 1.82) is 0 Å². The van der Waals surface area contributed by atoms with Crippen molar-refractivity contribution in [3.63, 3.8) is 0 Å². The second-order valence-corrected chi connectivity index (χ2v) is 5.36. The van der Waals surface area contributed by atoms with Gasteiger partial charge in [0.05, 0.1) is 6.54 Å². The maximum absolute atomic E-state index is 11.9. The lowest BCUT2D eigenvalue weighted by atomic mass is 10.1. The molecule has 104 valence electrons. The number of halogens is 1. The zero-order chi connectivity index (χ0) is 14.4. The van der Waals surface area contributed by atoms with Crippen LogP contribution in [0.4, 0.5) is 5.69 Å². The molecule has 2 rings (SSSR count). The van der Waals surface area contributed by atoms with Crippen molar-refractivity contribution in [2.24, 2.45) is 0 Å². The first-order valence-corrected chi connectivity index (χ1v) is 7.13. The Morgan fingerprint density at radius 1 is 1.30 bits per heavy atom. The van der Waals surface area contributed by atoms with Gasteiger partial charge in [-0.3, -0.25) is 9.78 Å². The van der Waals surface area contributed by atoms with E-state index in [1.807, 2.05) is 43.3 Å². The number of carbonyl (C=O) groups excluding carboxylic acids is 1. The van der Waals surface area contributed by atoms with E-state index in [2.05, 4.69) is 31.5 Å². The van der Waals surface area contributed by atoms with Gasteiger partial charge in [0.25, 0.3) is 0 Å². The summed E-state index contributed by atoms with van der Waals surface area (Å²) in [5.41, 5.74) is 1.89. The van der Waals surface area contributed by atoms with Crippen LogP contribution in [0.2, 0.25) is 0 Å². The maximum atomic E-state index is 11.9. The van der Waals surface area contributed by atoms with Crippen molar-refractivity contribution >= 4 is 27.5 Å². The van der Waals surface area contributed by atoms with Gasteiger partial charge in [-0.05, 0) is 42.8 Å². The lowest BCUT2D eigenvalue weighted by molar-refractivity contribution is -0.115. The smallest absolute Gasteiger partial charge is 0.238 e. The zero-order valence-electron chi connectivity index (χ0n) is 11.1. The monoisotopic (exact) mass is 333 g/mol. The number of anilines is 1. The van der Waals surface area contributed by atoms with Crippen molar-refractivity contribution in [3.8, 4) is 0 Å². The second kappa shape index (κ2) is 7.17. The normalized spacial score (nSPS) is 11.9.